The quantitative estimate of drug-likeness (QED) is 0.262. The normalized spacial score (nSPS) is 21.3. The van der Waals surface area contributed by atoms with Crippen LogP contribution in [0, 0.1) is 5.92 Å². The molecule has 2 atom stereocenters. The molecule has 142 valence electrons. The van der Waals surface area contributed by atoms with Gasteiger partial charge in [0, 0.05) is 24.3 Å². The van der Waals surface area contributed by atoms with Crippen LogP contribution in [-0.4, -0.2) is 12.6 Å². The summed E-state index contributed by atoms with van der Waals surface area (Å²) in [7, 11) is 0. The van der Waals surface area contributed by atoms with Crippen molar-refractivity contribution >= 4 is 5.97 Å². The van der Waals surface area contributed by atoms with Gasteiger partial charge in [0.2, 0.25) is 0 Å². The lowest BCUT2D eigenvalue weighted by Crippen LogP contribution is -2.29. The van der Waals surface area contributed by atoms with Gasteiger partial charge in [0.05, 0.1) is 6.61 Å². The number of fused-ring (bicyclic) bond motifs is 3. The summed E-state index contributed by atoms with van der Waals surface area (Å²) < 4.78 is 11.8. The molecule has 1 aromatic carbocycles. The molecule has 1 aliphatic carbocycles. The molecule has 0 aromatic heterocycles. The van der Waals surface area contributed by atoms with Crippen LogP contribution in [-0.2, 0) is 11.2 Å². The van der Waals surface area contributed by atoms with E-state index in [9.17, 15) is 4.79 Å². The van der Waals surface area contributed by atoms with E-state index in [-0.39, 0.29) is 5.97 Å². The van der Waals surface area contributed by atoms with Gasteiger partial charge in [-0.15, -0.1) is 0 Å². The van der Waals surface area contributed by atoms with Gasteiger partial charge in [-0.1, -0.05) is 44.3 Å². The summed E-state index contributed by atoms with van der Waals surface area (Å²) in [6.07, 6.45) is 11.7. The van der Waals surface area contributed by atoms with E-state index in [2.05, 4.69) is 32.1 Å². The Labute approximate surface area is 157 Å². The van der Waals surface area contributed by atoms with Crippen molar-refractivity contribution in [3.8, 4) is 11.5 Å². The van der Waals surface area contributed by atoms with Gasteiger partial charge in [-0.3, -0.25) is 4.79 Å². The van der Waals surface area contributed by atoms with Gasteiger partial charge in [0.15, 0.2) is 0 Å². The van der Waals surface area contributed by atoms with E-state index >= 15 is 0 Å². The van der Waals surface area contributed by atoms with Gasteiger partial charge >= 0.3 is 5.97 Å². The molecule has 0 bridgehead atoms. The van der Waals surface area contributed by atoms with Crippen molar-refractivity contribution in [2.45, 2.75) is 78.1 Å². The molecule has 1 aromatic rings. The number of unbranched alkanes of at least 4 members (excludes halogenated alkanes) is 4. The van der Waals surface area contributed by atoms with Crippen LogP contribution < -0.4 is 9.47 Å². The predicted molar refractivity (Wildman–Crippen MR) is 105 cm³/mol. The lowest BCUT2D eigenvalue weighted by Gasteiger charge is -2.37. The Morgan fingerprint density at radius 3 is 2.81 bits per heavy atom. The molecule has 3 heteroatoms. The monoisotopic (exact) mass is 356 g/mol. The molecule has 0 N–H and O–H groups in total. The zero-order valence-corrected chi connectivity index (χ0v) is 16.5. The van der Waals surface area contributed by atoms with Crippen LogP contribution in [0.1, 0.15) is 82.8 Å². The highest BCUT2D eigenvalue weighted by Gasteiger charge is 2.35. The van der Waals surface area contributed by atoms with Gasteiger partial charge in [-0.05, 0) is 50.3 Å². The minimum atomic E-state index is -0.252. The van der Waals surface area contributed by atoms with Crippen molar-refractivity contribution in [3.63, 3.8) is 0 Å². The molecule has 2 unspecified atom stereocenters. The van der Waals surface area contributed by atoms with Gasteiger partial charge in [0.25, 0.3) is 0 Å². The zero-order valence-electron chi connectivity index (χ0n) is 16.5. The highest BCUT2D eigenvalue weighted by molar-refractivity contribution is 5.71. The van der Waals surface area contributed by atoms with Gasteiger partial charge in [-0.25, -0.2) is 0 Å². The maximum atomic E-state index is 11.7. The minimum Gasteiger partial charge on any atom is -0.493 e. The number of allylic oxidation sites excluding steroid dienone is 2. The van der Waals surface area contributed by atoms with E-state index in [0.717, 1.165) is 42.9 Å². The third-order valence-corrected chi connectivity index (χ3v) is 5.69. The summed E-state index contributed by atoms with van der Waals surface area (Å²) in [5.41, 5.74) is 3.75. The maximum Gasteiger partial charge on any atom is 0.308 e. The summed E-state index contributed by atoms with van der Waals surface area (Å²) in [4.78, 5) is 11.7. The number of carbonyl (C=O) groups is 1. The second-order valence-electron chi connectivity index (χ2n) is 7.93. The standard InChI is InChI=1S/C23H32O3/c1-4-5-6-7-8-9-18-13-21-23(22(14-18)26-17(3)24)20-12-16(2)10-11-19(20)15-25-21/h10,13-14,19-20H,4-9,11-12,15H2,1-3H3. The summed E-state index contributed by atoms with van der Waals surface area (Å²) in [6, 6.07) is 4.27. The van der Waals surface area contributed by atoms with Crippen LogP contribution in [0.15, 0.2) is 23.8 Å². The Morgan fingerprint density at radius 2 is 2.04 bits per heavy atom. The SMILES string of the molecule is CCCCCCCc1cc2c(c(OC(C)=O)c1)C1CC(C)=CCC1CO2. The number of hydrogen-bond acceptors (Lipinski definition) is 3. The fraction of sp³-hybridized carbons (Fsp3) is 0.609. The second kappa shape index (κ2) is 8.75. The number of benzene rings is 1. The van der Waals surface area contributed by atoms with Crippen molar-refractivity contribution < 1.29 is 14.3 Å². The largest absolute Gasteiger partial charge is 0.493 e. The van der Waals surface area contributed by atoms with Gasteiger partial charge < -0.3 is 9.47 Å². The molecular weight excluding hydrogens is 324 g/mol. The topological polar surface area (TPSA) is 35.5 Å². The number of esters is 1. The van der Waals surface area contributed by atoms with Crippen LogP contribution in [0.3, 0.4) is 0 Å². The number of hydrogen-bond donors (Lipinski definition) is 0. The first-order valence-corrected chi connectivity index (χ1v) is 10.2. The Morgan fingerprint density at radius 1 is 1.23 bits per heavy atom. The van der Waals surface area contributed by atoms with Crippen LogP contribution in [0.2, 0.25) is 0 Å². The van der Waals surface area contributed by atoms with Crippen molar-refractivity contribution in [2.24, 2.45) is 5.92 Å². The lowest BCUT2D eigenvalue weighted by molar-refractivity contribution is -0.132. The fourth-order valence-corrected chi connectivity index (χ4v) is 4.29. The van der Waals surface area contributed by atoms with Crippen molar-refractivity contribution in [3.05, 3.63) is 34.9 Å². The first-order chi connectivity index (χ1) is 12.6. The van der Waals surface area contributed by atoms with E-state index < -0.39 is 0 Å². The molecule has 3 nitrogen and oxygen atoms in total. The summed E-state index contributed by atoms with van der Waals surface area (Å²) in [5, 5.41) is 0. The van der Waals surface area contributed by atoms with E-state index in [1.54, 1.807) is 0 Å². The fourth-order valence-electron chi connectivity index (χ4n) is 4.29. The first-order valence-electron chi connectivity index (χ1n) is 10.2. The summed E-state index contributed by atoms with van der Waals surface area (Å²) in [5.74, 6) is 2.29. The lowest BCUT2D eigenvalue weighted by atomic mass is 9.74. The van der Waals surface area contributed by atoms with Crippen LogP contribution >= 0.6 is 0 Å². The molecule has 0 fully saturated rings. The average molecular weight is 357 g/mol. The maximum absolute atomic E-state index is 11.7. The molecule has 0 saturated heterocycles. The van der Waals surface area contributed by atoms with Crippen LogP contribution in [0.5, 0.6) is 11.5 Å². The Kier molecular flexibility index (Phi) is 6.39. The molecule has 0 amide bonds. The Balaban J connectivity index is 1.83. The molecule has 2 aliphatic rings. The first kappa shape index (κ1) is 19.0. The predicted octanol–water partition coefficient (Wildman–Crippen LogP) is 5.96. The third-order valence-electron chi connectivity index (χ3n) is 5.69. The van der Waals surface area contributed by atoms with E-state index in [4.69, 9.17) is 9.47 Å². The van der Waals surface area contributed by atoms with Gasteiger partial charge in [0.1, 0.15) is 11.5 Å². The van der Waals surface area contributed by atoms with Gasteiger partial charge in [-0.2, -0.15) is 0 Å². The van der Waals surface area contributed by atoms with E-state index in [1.165, 1.54) is 50.2 Å². The Bertz CT molecular complexity index is 674. The molecule has 1 aliphatic heterocycles. The highest BCUT2D eigenvalue weighted by atomic mass is 16.5. The second-order valence-corrected chi connectivity index (χ2v) is 7.93. The van der Waals surface area contributed by atoms with E-state index in [1.807, 2.05) is 0 Å². The molecule has 0 spiro atoms. The Hall–Kier alpha value is -1.77. The molecular formula is C23H32O3. The number of carbonyl (C=O) groups excluding carboxylic acids is 1. The zero-order chi connectivity index (χ0) is 18.5. The molecule has 3 rings (SSSR count). The average Bonchev–Trinajstić information content (AvgIpc) is 2.60. The van der Waals surface area contributed by atoms with Crippen molar-refractivity contribution in [1.29, 1.82) is 0 Å². The van der Waals surface area contributed by atoms with Crippen LogP contribution in [0.4, 0.5) is 0 Å². The smallest absolute Gasteiger partial charge is 0.308 e. The third kappa shape index (κ3) is 4.49. The number of rotatable bonds is 7. The van der Waals surface area contributed by atoms with Crippen LogP contribution in [0.25, 0.3) is 0 Å². The molecule has 1 heterocycles. The van der Waals surface area contributed by atoms with Crippen molar-refractivity contribution in [2.75, 3.05) is 6.61 Å². The molecule has 26 heavy (non-hydrogen) atoms. The minimum absolute atomic E-state index is 0.252. The molecule has 0 saturated carbocycles. The summed E-state index contributed by atoms with van der Waals surface area (Å²) >= 11 is 0. The molecule has 0 radical (unpaired) electrons. The van der Waals surface area contributed by atoms with E-state index in [0.29, 0.717) is 11.8 Å². The van der Waals surface area contributed by atoms with Crippen molar-refractivity contribution in [1.82, 2.24) is 0 Å². The highest BCUT2D eigenvalue weighted by Crippen LogP contribution is 2.49. The summed E-state index contributed by atoms with van der Waals surface area (Å²) in [6.45, 7) is 6.68. The number of aryl methyl sites for hydroxylation is 1. The number of ether oxygens (including phenoxy) is 2.